The lowest BCUT2D eigenvalue weighted by atomic mass is 9.86. The second-order valence-electron chi connectivity index (χ2n) is 5.15. The molecule has 0 aromatic carbocycles. The average Bonchev–Trinajstić information content (AvgIpc) is 2.34. The predicted molar refractivity (Wildman–Crippen MR) is 71.6 cm³/mol. The van der Waals surface area contributed by atoms with Crippen LogP contribution in [0.2, 0.25) is 0 Å². The van der Waals surface area contributed by atoms with Gasteiger partial charge in [0.15, 0.2) is 0 Å². The zero-order valence-corrected chi connectivity index (χ0v) is 11.1. The second kappa shape index (κ2) is 7.11. The fourth-order valence-electron chi connectivity index (χ4n) is 1.79. The maximum atomic E-state index is 10.3. The summed E-state index contributed by atoms with van der Waals surface area (Å²) in [7, 11) is 0. The van der Waals surface area contributed by atoms with Gasteiger partial charge in [0.05, 0.1) is 0 Å². The molecule has 1 rings (SSSR count). The number of carboxylic acid groups (broad SMARTS) is 1. The van der Waals surface area contributed by atoms with Crippen molar-refractivity contribution < 1.29 is 9.90 Å². The molecule has 0 amide bonds. The number of nitrogens with zero attached hydrogens (tertiary/aromatic N) is 1. The largest absolute Gasteiger partial charge is 0.481 e. The minimum Gasteiger partial charge on any atom is -0.481 e. The highest BCUT2D eigenvalue weighted by molar-refractivity contribution is 5.66. The number of hydrogen-bond donors (Lipinski definition) is 2. The first-order valence-electron chi connectivity index (χ1n) is 6.35. The number of hydrogen-bond acceptors (Lipinski definition) is 3. The van der Waals surface area contributed by atoms with Crippen molar-refractivity contribution in [2.45, 2.75) is 38.5 Å². The van der Waals surface area contributed by atoms with E-state index in [1.165, 1.54) is 5.56 Å². The highest BCUT2D eigenvalue weighted by Gasteiger charge is 2.19. The molecule has 1 heterocycles. The monoisotopic (exact) mass is 250 g/mol. The number of pyridine rings is 1. The average molecular weight is 250 g/mol. The Labute approximate surface area is 108 Å². The summed E-state index contributed by atoms with van der Waals surface area (Å²) in [5, 5.41) is 11.9. The molecular formula is C14H22N2O2. The standard InChI is InChI=1S/C14H22N2O2/c1-14(2,12-6-5-9-15-10-12)11-16-8-4-3-7-13(17)18/h5-6,9-10,16H,3-4,7-8,11H2,1-2H3,(H,17,18). The van der Waals surface area contributed by atoms with Crippen molar-refractivity contribution in [3.8, 4) is 0 Å². The van der Waals surface area contributed by atoms with E-state index in [0.717, 1.165) is 25.9 Å². The van der Waals surface area contributed by atoms with E-state index < -0.39 is 5.97 Å². The van der Waals surface area contributed by atoms with Crippen LogP contribution in [-0.4, -0.2) is 29.1 Å². The third-order valence-electron chi connectivity index (χ3n) is 3.00. The van der Waals surface area contributed by atoms with Crippen molar-refractivity contribution in [2.24, 2.45) is 0 Å². The van der Waals surface area contributed by atoms with Crippen molar-refractivity contribution in [3.05, 3.63) is 30.1 Å². The molecule has 100 valence electrons. The summed E-state index contributed by atoms with van der Waals surface area (Å²) in [5.41, 5.74) is 1.25. The Bertz CT molecular complexity index is 363. The van der Waals surface area contributed by atoms with Crippen LogP contribution in [0.3, 0.4) is 0 Å². The molecule has 0 spiro atoms. The lowest BCUT2D eigenvalue weighted by Gasteiger charge is -2.25. The first-order valence-corrected chi connectivity index (χ1v) is 6.35. The van der Waals surface area contributed by atoms with Crippen LogP contribution in [0.1, 0.15) is 38.7 Å². The first-order chi connectivity index (χ1) is 8.52. The summed E-state index contributed by atoms with van der Waals surface area (Å²) in [4.78, 5) is 14.5. The molecule has 0 saturated heterocycles. The minimum absolute atomic E-state index is 0.0427. The molecule has 0 radical (unpaired) electrons. The summed E-state index contributed by atoms with van der Waals surface area (Å²) >= 11 is 0. The van der Waals surface area contributed by atoms with E-state index in [1.807, 2.05) is 12.3 Å². The second-order valence-corrected chi connectivity index (χ2v) is 5.15. The van der Waals surface area contributed by atoms with Crippen LogP contribution in [-0.2, 0) is 10.2 Å². The topological polar surface area (TPSA) is 62.2 Å². The van der Waals surface area contributed by atoms with Gasteiger partial charge in [0.2, 0.25) is 0 Å². The normalized spacial score (nSPS) is 11.4. The zero-order chi connectivity index (χ0) is 13.4. The minimum atomic E-state index is -0.717. The van der Waals surface area contributed by atoms with Crippen molar-refractivity contribution in [1.29, 1.82) is 0 Å². The molecule has 4 nitrogen and oxygen atoms in total. The number of carbonyl (C=O) groups is 1. The summed E-state index contributed by atoms with van der Waals surface area (Å²) < 4.78 is 0. The number of aliphatic carboxylic acids is 1. The van der Waals surface area contributed by atoms with Gasteiger partial charge in [0, 0.05) is 30.8 Å². The fraction of sp³-hybridized carbons (Fsp3) is 0.571. The third-order valence-corrected chi connectivity index (χ3v) is 3.00. The SMILES string of the molecule is CC(C)(CNCCCCC(=O)O)c1cccnc1. The lowest BCUT2D eigenvalue weighted by molar-refractivity contribution is -0.137. The van der Waals surface area contributed by atoms with Gasteiger partial charge < -0.3 is 10.4 Å². The van der Waals surface area contributed by atoms with Crippen molar-refractivity contribution >= 4 is 5.97 Å². The Balaban J connectivity index is 2.24. The van der Waals surface area contributed by atoms with Crippen LogP contribution in [0.15, 0.2) is 24.5 Å². The molecule has 2 N–H and O–H groups in total. The van der Waals surface area contributed by atoms with Crippen molar-refractivity contribution in [2.75, 3.05) is 13.1 Å². The molecular weight excluding hydrogens is 228 g/mol. The van der Waals surface area contributed by atoms with Gasteiger partial charge in [-0.1, -0.05) is 19.9 Å². The highest BCUT2D eigenvalue weighted by Crippen LogP contribution is 2.20. The fourth-order valence-corrected chi connectivity index (χ4v) is 1.79. The van der Waals surface area contributed by atoms with Crippen LogP contribution in [0.5, 0.6) is 0 Å². The molecule has 1 aromatic rings. The van der Waals surface area contributed by atoms with Crippen molar-refractivity contribution in [3.63, 3.8) is 0 Å². The predicted octanol–water partition coefficient (Wildman–Crippen LogP) is 2.20. The summed E-state index contributed by atoms with van der Waals surface area (Å²) in [6.45, 7) is 6.07. The molecule has 4 heteroatoms. The molecule has 0 atom stereocenters. The molecule has 1 aromatic heterocycles. The van der Waals surface area contributed by atoms with Gasteiger partial charge in [-0.2, -0.15) is 0 Å². The summed E-state index contributed by atoms with van der Waals surface area (Å²) in [5.74, 6) is -0.717. The van der Waals surface area contributed by atoms with Gasteiger partial charge >= 0.3 is 5.97 Å². The molecule has 0 bridgehead atoms. The van der Waals surface area contributed by atoms with E-state index >= 15 is 0 Å². The van der Waals surface area contributed by atoms with Gasteiger partial charge in [0.25, 0.3) is 0 Å². The van der Waals surface area contributed by atoms with E-state index in [2.05, 4.69) is 30.2 Å². The molecule has 0 aliphatic carbocycles. The van der Waals surface area contributed by atoms with Crippen LogP contribution in [0, 0.1) is 0 Å². The number of rotatable bonds is 8. The first kappa shape index (κ1) is 14.6. The van der Waals surface area contributed by atoms with E-state index in [-0.39, 0.29) is 11.8 Å². The smallest absolute Gasteiger partial charge is 0.303 e. The van der Waals surface area contributed by atoms with Gasteiger partial charge in [-0.15, -0.1) is 0 Å². The van der Waals surface area contributed by atoms with Gasteiger partial charge in [-0.05, 0) is 31.0 Å². The van der Waals surface area contributed by atoms with Crippen molar-refractivity contribution in [1.82, 2.24) is 10.3 Å². The van der Waals surface area contributed by atoms with E-state index in [1.54, 1.807) is 6.20 Å². The Kier molecular flexibility index (Phi) is 5.78. The van der Waals surface area contributed by atoms with Crippen LogP contribution in [0.4, 0.5) is 0 Å². The number of carboxylic acids is 1. The Morgan fingerprint density at radius 2 is 2.22 bits per heavy atom. The van der Waals surface area contributed by atoms with Gasteiger partial charge in [0.1, 0.15) is 0 Å². The van der Waals surface area contributed by atoms with Crippen LogP contribution in [0.25, 0.3) is 0 Å². The number of unbranched alkanes of at least 4 members (excludes halogenated alkanes) is 1. The Hall–Kier alpha value is -1.42. The molecule has 0 aliphatic rings. The Morgan fingerprint density at radius 1 is 1.44 bits per heavy atom. The van der Waals surface area contributed by atoms with E-state index in [9.17, 15) is 4.79 Å². The summed E-state index contributed by atoms with van der Waals surface area (Å²) in [6, 6.07) is 4.03. The summed E-state index contributed by atoms with van der Waals surface area (Å²) in [6.07, 6.45) is 5.56. The Morgan fingerprint density at radius 3 is 2.83 bits per heavy atom. The molecule has 0 fully saturated rings. The quantitative estimate of drug-likeness (QED) is 0.694. The van der Waals surface area contributed by atoms with E-state index in [4.69, 9.17) is 5.11 Å². The lowest BCUT2D eigenvalue weighted by Crippen LogP contribution is -2.33. The molecule has 0 saturated carbocycles. The van der Waals surface area contributed by atoms with E-state index in [0.29, 0.717) is 0 Å². The van der Waals surface area contributed by atoms with Gasteiger partial charge in [-0.3, -0.25) is 9.78 Å². The molecule has 0 unspecified atom stereocenters. The van der Waals surface area contributed by atoms with Crippen LogP contribution >= 0.6 is 0 Å². The number of nitrogens with one attached hydrogen (secondary N) is 1. The van der Waals surface area contributed by atoms with Gasteiger partial charge in [-0.25, -0.2) is 0 Å². The zero-order valence-electron chi connectivity index (χ0n) is 11.1. The molecule has 18 heavy (non-hydrogen) atoms. The highest BCUT2D eigenvalue weighted by atomic mass is 16.4. The maximum absolute atomic E-state index is 10.3. The third kappa shape index (κ3) is 5.27. The number of aromatic nitrogens is 1. The molecule has 0 aliphatic heterocycles. The maximum Gasteiger partial charge on any atom is 0.303 e. The van der Waals surface area contributed by atoms with Crippen LogP contribution < -0.4 is 5.32 Å².